The molecule has 0 unspecified atom stereocenters. The summed E-state index contributed by atoms with van der Waals surface area (Å²) in [5, 5.41) is 3.10. The molecule has 3 rings (SSSR count). The Morgan fingerprint density at radius 2 is 2.05 bits per heavy atom. The first-order valence-electron chi connectivity index (χ1n) is 8.51. The van der Waals surface area contributed by atoms with Crippen molar-refractivity contribution in [2.75, 3.05) is 26.2 Å². The number of carbonyl (C=O) groups excluding carboxylic acids is 1. The van der Waals surface area contributed by atoms with Crippen LogP contribution in [0.3, 0.4) is 0 Å². The van der Waals surface area contributed by atoms with Gasteiger partial charge < -0.3 is 15.0 Å². The molecule has 0 aromatic heterocycles. The van der Waals surface area contributed by atoms with Crippen molar-refractivity contribution in [3.63, 3.8) is 0 Å². The highest BCUT2D eigenvalue weighted by Crippen LogP contribution is 2.25. The number of fused-ring (bicyclic) bond motifs is 1. The zero-order chi connectivity index (χ0) is 15.4. The molecule has 0 bridgehead atoms. The van der Waals surface area contributed by atoms with Crippen LogP contribution in [0.25, 0.3) is 0 Å². The summed E-state index contributed by atoms with van der Waals surface area (Å²) in [6, 6.07) is 6.52. The summed E-state index contributed by atoms with van der Waals surface area (Å²) in [5.41, 5.74) is 2.81. The topological polar surface area (TPSA) is 41.6 Å². The second kappa shape index (κ2) is 7.14. The van der Waals surface area contributed by atoms with E-state index in [1.54, 1.807) is 0 Å². The number of likely N-dealkylation sites (tertiary alicyclic amines) is 1. The number of benzene rings is 1. The average Bonchev–Trinajstić information content (AvgIpc) is 3.01. The van der Waals surface area contributed by atoms with Crippen molar-refractivity contribution < 1.29 is 9.53 Å². The molecule has 1 aromatic carbocycles. The summed E-state index contributed by atoms with van der Waals surface area (Å²) in [4.78, 5) is 14.4. The molecule has 1 N–H and O–H groups in total. The maximum absolute atomic E-state index is 12.0. The first-order valence-corrected chi connectivity index (χ1v) is 8.51. The van der Waals surface area contributed by atoms with Crippen LogP contribution in [-0.4, -0.2) is 43.1 Å². The van der Waals surface area contributed by atoms with Gasteiger partial charge in [-0.3, -0.25) is 4.79 Å². The van der Waals surface area contributed by atoms with E-state index in [4.69, 9.17) is 4.74 Å². The third-order valence-corrected chi connectivity index (χ3v) is 4.84. The normalized spacial score (nSPS) is 19.0. The third-order valence-electron chi connectivity index (χ3n) is 4.84. The van der Waals surface area contributed by atoms with E-state index in [0.717, 1.165) is 44.6 Å². The van der Waals surface area contributed by atoms with Crippen LogP contribution in [0.1, 0.15) is 37.3 Å². The summed E-state index contributed by atoms with van der Waals surface area (Å²) in [7, 11) is 0. The molecular formula is C18H26N2O2. The zero-order valence-electron chi connectivity index (χ0n) is 13.4. The lowest BCUT2D eigenvalue weighted by Crippen LogP contribution is -2.45. The van der Waals surface area contributed by atoms with Crippen molar-refractivity contribution >= 4 is 5.91 Å². The Morgan fingerprint density at radius 3 is 2.82 bits per heavy atom. The molecule has 1 aliphatic heterocycles. The maximum Gasteiger partial charge on any atom is 0.258 e. The fraction of sp³-hybridized carbons (Fsp3) is 0.611. The fourth-order valence-corrected chi connectivity index (χ4v) is 3.45. The highest BCUT2D eigenvalue weighted by molar-refractivity contribution is 5.77. The second-order valence-corrected chi connectivity index (χ2v) is 6.35. The summed E-state index contributed by atoms with van der Waals surface area (Å²) >= 11 is 0. The fourth-order valence-electron chi connectivity index (χ4n) is 3.45. The van der Waals surface area contributed by atoms with Crippen LogP contribution in [-0.2, 0) is 17.6 Å². The number of carbonyl (C=O) groups is 1. The van der Waals surface area contributed by atoms with E-state index in [1.165, 1.54) is 24.0 Å². The Labute approximate surface area is 132 Å². The number of ether oxygens (including phenoxy) is 1. The van der Waals surface area contributed by atoms with Crippen molar-refractivity contribution in [1.82, 2.24) is 10.2 Å². The van der Waals surface area contributed by atoms with Gasteiger partial charge in [-0.1, -0.05) is 13.0 Å². The Bertz CT molecular complexity index is 522. The maximum atomic E-state index is 12.0. The van der Waals surface area contributed by atoms with Crippen molar-refractivity contribution in [1.29, 1.82) is 0 Å². The average molecular weight is 302 g/mol. The van der Waals surface area contributed by atoms with Crippen molar-refractivity contribution in [2.45, 2.75) is 45.1 Å². The summed E-state index contributed by atoms with van der Waals surface area (Å²) < 4.78 is 5.65. The van der Waals surface area contributed by atoms with Gasteiger partial charge >= 0.3 is 0 Å². The highest BCUT2D eigenvalue weighted by Gasteiger charge is 2.19. The van der Waals surface area contributed by atoms with E-state index in [1.807, 2.05) is 6.07 Å². The van der Waals surface area contributed by atoms with Gasteiger partial charge in [0.2, 0.25) is 0 Å². The highest BCUT2D eigenvalue weighted by atomic mass is 16.5. The Kier molecular flexibility index (Phi) is 4.98. The van der Waals surface area contributed by atoms with Crippen molar-refractivity contribution in [3.8, 4) is 5.75 Å². The first kappa shape index (κ1) is 15.3. The number of hydrogen-bond donors (Lipinski definition) is 1. The van der Waals surface area contributed by atoms with Crippen LogP contribution in [0.4, 0.5) is 0 Å². The third kappa shape index (κ3) is 3.80. The standard InChI is InChI=1S/C18H26N2O2/c1-2-20-10-8-16(9-11-20)19-18(21)13-22-17-7-6-14-4-3-5-15(14)12-17/h6-7,12,16H,2-5,8-11,13H2,1H3,(H,19,21). The number of nitrogens with zero attached hydrogens (tertiary/aromatic N) is 1. The van der Waals surface area contributed by atoms with Gasteiger partial charge in [-0.15, -0.1) is 0 Å². The lowest BCUT2D eigenvalue weighted by molar-refractivity contribution is -0.124. The van der Waals surface area contributed by atoms with Gasteiger partial charge in [-0.2, -0.15) is 0 Å². The molecule has 4 heteroatoms. The van der Waals surface area contributed by atoms with Gasteiger partial charge in [0.25, 0.3) is 5.91 Å². The molecule has 120 valence electrons. The van der Waals surface area contributed by atoms with Gasteiger partial charge in [0.15, 0.2) is 6.61 Å². The summed E-state index contributed by atoms with van der Waals surface area (Å²) in [6.07, 6.45) is 5.62. The minimum Gasteiger partial charge on any atom is -0.484 e. The van der Waals surface area contributed by atoms with E-state index in [0.29, 0.717) is 6.04 Å². The molecule has 4 nitrogen and oxygen atoms in total. The summed E-state index contributed by atoms with van der Waals surface area (Å²) in [5.74, 6) is 0.812. The Morgan fingerprint density at radius 1 is 1.27 bits per heavy atom. The van der Waals surface area contributed by atoms with Crippen LogP contribution in [0.15, 0.2) is 18.2 Å². The number of hydrogen-bond acceptors (Lipinski definition) is 3. The molecule has 0 radical (unpaired) electrons. The minimum absolute atomic E-state index is 0.00422. The monoisotopic (exact) mass is 302 g/mol. The quantitative estimate of drug-likeness (QED) is 0.906. The van der Waals surface area contributed by atoms with Crippen LogP contribution in [0.5, 0.6) is 5.75 Å². The molecule has 1 amide bonds. The molecule has 1 aliphatic carbocycles. The molecule has 0 spiro atoms. The van der Waals surface area contributed by atoms with E-state index < -0.39 is 0 Å². The Balaban J connectivity index is 1.43. The molecule has 1 heterocycles. The summed E-state index contributed by atoms with van der Waals surface area (Å²) in [6.45, 7) is 5.55. The van der Waals surface area contributed by atoms with Gasteiger partial charge in [0, 0.05) is 19.1 Å². The van der Waals surface area contributed by atoms with Crippen LogP contribution >= 0.6 is 0 Å². The van der Waals surface area contributed by atoms with E-state index >= 15 is 0 Å². The molecule has 1 fully saturated rings. The lowest BCUT2D eigenvalue weighted by Gasteiger charge is -2.31. The molecular weight excluding hydrogens is 276 g/mol. The molecule has 1 saturated heterocycles. The number of amides is 1. The van der Waals surface area contributed by atoms with Crippen LogP contribution < -0.4 is 10.1 Å². The zero-order valence-corrected chi connectivity index (χ0v) is 13.4. The van der Waals surface area contributed by atoms with E-state index in [-0.39, 0.29) is 12.5 Å². The predicted octanol–water partition coefficient (Wildman–Crippen LogP) is 2.15. The van der Waals surface area contributed by atoms with E-state index in [9.17, 15) is 4.79 Å². The largest absolute Gasteiger partial charge is 0.484 e. The predicted molar refractivity (Wildman–Crippen MR) is 87.2 cm³/mol. The van der Waals surface area contributed by atoms with Crippen LogP contribution in [0.2, 0.25) is 0 Å². The Hall–Kier alpha value is -1.55. The van der Waals surface area contributed by atoms with Crippen LogP contribution in [0, 0.1) is 0 Å². The van der Waals surface area contributed by atoms with E-state index in [2.05, 4.69) is 29.3 Å². The minimum atomic E-state index is -0.00422. The molecule has 2 aliphatic rings. The molecule has 0 atom stereocenters. The smallest absolute Gasteiger partial charge is 0.258 e. The molecule has 22 heavy (non-hydrogen) atoms. The van der Waals surface area contributed by atoms with Gasteiger partial charge in [-0.25, -0.2) is 0 Å². The number of aryl methyl sites for hydroxylation is 2. The number of piperidine rings is 1. The molecule has 0 saturated carbocycles. The van der Waals surface area contributed by atoms with Gasteiger partial charge in [-0.05, 0) is 61.9 Å². The lowest BCUT2D eigenvalue weighted by atomic mass is 10.1. The SMILES string of the molecule is CCN1CCC(NC(=O)COc2ccc3c(c2)CCC3)CC1. The first-order chi connectivity index (χ1) is 10.7. The number of rotatable bonds is 5. The van der Waals surface area contributed by atoms with Crippen molar-refractivity contribution in [2.24, 2.45) is 0 Å². The second-order valence-electron chi connectivity index (χ2n) is 6.35. The van der Waals surface area contributed by atoms with Gasteiger partial charge in [0.1, 0.15) is 5.75 Å². The number of nitrogens with one attached hydrogen (secondary N) is 1. The molecule has 1 aromatic rings. The van der Waals surface area contributed by atoms with Crippen molar-refractivity contribution in [3.05, 3.63) is 29.3 Å². The van der Waals surface area contributed by atoms with Gasteiger partial charge in [0.05, 0.1) is 0 Å².